The summed E-state index contributed by atoms with van der Waals surface area (Å²) < 4.78 is 0. The minimum atomic E-state index is -0.788. The number of carbonyl (C=O) groups is 2. The first-order chi connectivity index (χ1) is 9.79. The standard InChI is InChI=1S/C16H28N2O3/c1-12(2)16(14(20)21)8-9-18(11-16)13(19)10-15(17)6-4-3-5-7-15/h12H,3-11,17H2,1-2H3,(H,20,21). The number of amides is 1. The van der Waals surface area contributed by atoms with E-state index < -0.39 is 11.4 Å². The average Bonchev–Trinajstić information content (AvgIpc) is 2.85. The molecule has 0 spiro atoms. The molecule has 0 aromatic heterocycles. The number of nitrogens with zero attached hydrogens (tertiary/aromatic N) is 1. The van der Waals surface area contributed by atoms with E-state index in [0.29, 0.717) is 25.9 Å². The van der Waals surface area contributed by atoms with Gasteiger partial charge in [0.2, 0.25) is 5.91 Å². The van der Waals surface area contributed by atoms with E-state index in [2.05, 4.69) is 0 Å². The zero-order chi connectivity index (χ0) is 15.7. The lowest BCUT2D eigenvalue weighted by atomic mass is 9.76. The average molecular weight is 296 g/mol. The van der Waals surface area contributed by atoms with Gasteiger partial charge in [0, 0.05) is 25.0 Å². The van der Waals surface area contributed by atoms with E-state index in [1.807, 2.05) is 13.8 Å². The van der Waals surface area contributed by atoms with Gasteiger partial charge in [-0.15, -0.1) is 0 Å². The smallest absolute Gasteiger partial charge is 0.311 e. The topological polar surface area (TPSA) is 83.6 Å². The van der Waals surface area contributed by atoms with E-state index in [-0.39, 0.29) is 17.4 Å². The molecule has 1 aliphatic carbocycles. The molecule has 2 fully saturated rings. The van der Waals surface area contributed by atoms with Gasteiger partial charge in [-0.1, -0.05) is 33.1 Å². The fraction of sp³-hybridized carbons (Fsp3) is 0.875. The second-order valence-electron chi connectivity index (χ2n) is 7.28. The van der Waals surface area contributed by atoms with Gasteiger partial charge in [-0.05, 0) is 25.2 Å². The summed E-state index contributed by atoms with van der Waals surface area (Å²) in [7, 11) is 0. The number of carboxylic acid groups (broad SMARTS) is 1. The molecule has 5 nitrogen and oxygen atoms in total. The molecule has 1 saturated carbocycles. The normalized spacial score (nSPS) is 28.9. The van der Waals surface area contributed by atoms with Crippen LogP contribution in [0.3, 0.4) is 0 Å². The number of carbonyl (C=O) groups excluding carboxylic acids is 1. The first-order valence-corrected chi connectivity index (χ1v) is 8.09. The molecule has 3 N–H and O–H groups in total. The zero-order valence-electron chi connectivity index (χ0n) is 13.2. The molecule has 5 heteroatoms. The van der Waals surface area contributed by atoms with Crippen molar-refractivity contribution in [2.24, 2.45) is 17.1 Å². The summed E-state index contributed by atoms with van der Waals surface area (Å²) in [6, 6.07) is 0. The molecule has 1 amide bonds. The van der Waals surface area contributed by atoms with Crippen molar-refractivity contribution >= 4 is 11.9 Å². The maximum Gasteiger partial charge on any atom is 0.311 e. The van der Waals surface area contributed by atoms with Crippen molar-refractivity contribution in [3.63, 3.8) is 0 Å². The van der Waals surface area contributed by atoms with E-state index in [9.17, 15) is 14.7 Å². The van der Waals surface area contributed by atoms with Gasteiger partial charge in [0.15, 0.2) is 0 Å². The fourth-order valence-corrected chi connectivity index (χ4v) is 3.78. The zero-order valence-corrected chi connectivity index (χ0v) is 13.2. The first kappa shape index (κ1) is 16.3. The number of hydrogen-bond acceptors (Lipinski definition) is 3. The number of rotatable bonds is 4. The Kier molecular flexibility index (Phi) is 4.61. The second kappa shape index (κ2) is 5.95. The van der Waals surface area contributed by atoms with Gasteiger partial charge >= 0.3 is 5.97 Å². The quantitative estimate of drug-likeness (QED) is 0.831. The minimum Gasteiger partial charge on any atom is -0.481 e. The third-order valence-corrected chi connectivity index (χ3v) is 5.54. The Labute approximate surface area is 126 Å². The molecule has 1 unspecified atom stereocenters. The summed E-state index contributed by atoms with van der Waals surface area (Å²) in [6.45, 7) is 4.72. The molecule has 1 aliphatic heterocycles. The molecule has 1 saturated heterocycles. The molecule has 1 atom stereocenters. The van der Waals surface area contributed by atoms with Crippen molar-refractivity contribution in [2.75, 3.05) is 13.1 Å². The lowest BCUT2D eigenvalue weighted by Gasteiger charge is -2.34. The molecule has 0 aromatic carbocycles. The number of nitrogens with two attached hydrogens (primary N) is 1. The number of hydrogen-bond donors (Lipinski definition) is 2. The monoisotopic (exact) mass is 296 g/mol. The highest BCUT2D eigenvalue weighted by Crippen LogP contribution is 2.39. The molecule has 2 aliphatic rings. The Bertz CT molecular complexity index is 416. The molecule has 120 valence electrons. The summed E-state index contributed by atoms with van der Waals surface area (Å²) in [4.78, 5) is 25.8. The first-order valence-electron chi connectivity index (χ1n) is 8.09. The molecule has 0 aromatic rings. The highest BCUT2D eigenvalue weighted by molar-refractivity contribution is 5.81. The SMILES string of the molecule is CC(C)C1(C(=O)O)CCN(C(=O)CC2(N)CCCCC2)C1. The van der Waals surface area contributed by atoms with Crippen LogP contribution in [0.15, 0.2) is 0 Å². The third-order valence-electron chi connectivity index (χ3n) is 5.54. The summed E-state index contributed by atoms with van der Waals surface area (Å²) in [6.07, 6.45) is 6.10. The van der Waals surface area contributed by atoms with E-state index >= 15 is 0 Å². The predicted molar refractivity (Wildman–Crippen MR) is 80.7 cm³/mol. The summed E-state index contributed by atoms with van der Waals surface area (Å²) in [5.41, 5.74) is 5.19. The van der Waals surface area contributed by atoms with Crippen LogP contribution in [0.25, 0.3) is 0 Å². The van der Waals surface area contributed by atoms with Crippen LogP contribution in [-0.4, -0.2) is 40.5 Å². The molecule has 0 radical (unpaired) electrons. The van der Waals surface area contributed by atoms with Gasteiger partial charge in [-0.3, -0.25) is 9.59 Å². The van der Waals surface area contributed by atoms with E-state index in [1.54, 1.807) is 4.90 Å². The molecule has 0 bridgehead atoms. The molecule has 21 heavy (non-hydrogen) atoms. The Morgan fingerprint density at radius 1 is 1.19 bits per heavy atom. The third kappa shape index (κ3) is 3.23. The fourth-order valence-electron chi connectivity index (χ4n) is 3.78. The van der Waals surface area contributed by atoms with Crippen molar-refractivity contribution in [3.8, 4) is 0 Å². The lowest BCUT2D eigenvalue weighted by Crippen LogP contribution is -2.47. The molecular weight excluding hydrogens is 268 g/mol. The Morgan fingerprint density at radius 3 is 2.29 bits per heavy atom. The van der Waals surface area contributed by atoms with Gasteiger partial charge in [-0.2, -0.15) is 0 Å². The van der Waals surface area contributed by atoms with Gasteiger partial charge < -0.3 is 15.7 Å². The number of carboxylic acids is 1. The highest BCUT2D eigenvalue weighted by Gasteiger charge is 2.49. The summed E-state index contributed by atoms with van der Waals surface area (Å²) in [5.74, 6) is -0.731. The largest absolute Gasteiger partial charge is 0.481 e. The van der Waals surface area contributed by atoms with Crippen molar-refractivity contribution in [2.45, 2.75) is 64.3 Å². The van der Waals surface area contributed by atoms with Crippen LogP contribution in [-0.2, 0) is 9.59 Å². The van der Waals surface area contributed by atoms with E-state index in [4.69, 9.17) is 5.73 Å². The van der Waals surface area contributed by atoms with Crippen molar-refractivity contribution in [1.82, 2.24) is 4.90 Å². The summed E-state index contributed by atoms with van der Waals surface area (Å²) >= 11 is 0. The Hall–Kier alpha value is -1.10. The van der Waals surface area contributed by atoms with E-state index in [1.165, 1.54) is 6.42 Å². The minimum absolute atomic E-state index is 0.0225. The van der Waals surface area contributed by atoms with Crippen LogP contribution in [0.4, 0.5) is 0 Å². The summed E-state index contributed by atoms with van der Waals surface area (Å²) in [5, 5.41) is 9.54. The van der Waals surface area contributed by atoms with Crippen molar-refractivity contribution in [3.05, 3.63) is 0 Å². The Morgan fingerprint density at radius 2 is 1.81 bits per heavy atom. The van der Waals surface area contributed by atoms with Crippen molar-refractivity contribution in [1.29, 1.82) is 0 Å². The van der Waals surface area contributed by atoms with Gasteiger partial charge in [0.25, 0.3) is 0 Å². The van der Waals surface area contributed by atoms with Crippen LogP contribution in [0.5, 0.6) is 0 Å². The van der Waals surface area contributed by atoms with Crippen LogP contribution >= 0.6 is 0 Å². The van der Waals surface area contributed by atoms with Gasteiger partial charge in [0.1, 0.15) is 0 Å². The number of aliphatic carboxylic acids is 1. The van der Waals surface area contributed by atoms with Crippen LogP contribution < -0.4 is 5.73 Å². The maximum atomic E-state index is 12.5. The number of likely N-dealkylation sites (tertiary alicyclic amines) is 1. The molecule has 1 heterocycles. The highest BCUT2D eigenvalue weighted by atomic mass is 16.4. The molecular formula is C16H28N2O3. The van der Waals surface area contributed by atoms with E-state index in [0.717, 1.165) is 25.7 Å². The van der Waals surface area contributed by atoms with Crippen LogP contribution in [0.1, 0.15) is 58.8 Å². The van der Waals surface area contributed by atoms with Crippen LogP contribution in [0.2, 0.25) is 0 Å². The van der Waals surface area contributed by atoms with Crippen molar-refractivity contribution < 1.29 is 14.7 Å². The molecule has 2 rings (SSSR count). The Balaban J connectivity index is 2.00. The predicted octanol–water partition coefficient (Wildman–Crippen LogP) is 2.00. The maximum absolute atomic E-state index is 12.5. The van der Waals surface area contributed by atoms with Gasteiger partial charge in [0.05, 0.1) is 5.41 Å². The second-order valence-corrected chi connectivity index (χ2v) is 7.28. The van der Waals surface area contributed by atoms with Gasteiger partial charge in [-0.25, -0.2) is 0 Å². The lowest BCUT2D eigenvalue weighted by molar-refractivity contribution is -0.151. The van der Waals surface area contributed by atoms with Crippen LogP contribution in [0, 0.1) is 11.3 Å².